The fourth-order valence-electron chi connectivity index (χ4n) is 3.94. The van der Waals surface area contributed by atoms with Crippen LogP contribution < -0.4 is 5.73 Å². The van der Waals surface area contributed by atoms with Crippen molar-refractivity contribution in [3.63, 3.8) is 0 Å². The third kappa shape index (κ3) is 2.39. The number of hydrogen-bond acceptors (Lipinski definition) is 2. The van der Waals surface area contributed by atoms with Crippen molar-refractivity contribution in [3.8, 4) is 0 Å². The zero-order chi connectivity index (χ0) is 12.5. The van der Waals surface area contributed by atoms with E-state index >= 15 is 0 Å². The lowest BCUT2D eigenvalue weighted by Gasteiger charge is -2.46. The van der Waals surface area contributed by atoms with Crippen LogP contribution in [0.15, 0.2) is 0 Å². The van der Waals surface area contributed by atoms with E-state index in [-0.39, 0.29) is 5.54 Å². The van der Waals surface area contributed by atoms with Crippen LogP contribution in [-0.4, -0.2) is 29.6 Å². The number of nitrogens with zero attached hydrogens (tertiary/aromatic N) is 1. The van der Waals surface area contributed by atoms with Gasteiger partial charge in [-0.15, -0.1) is 0 Å². The summed E-state index contributed by atoms with van der Waals surface area (Å²) in [6.45, 7) is 9.11. The number of hydrogen-bond donors (Lipinski definition) is 1. The predicted molar refractivity (Wildman–Crippen MR) is 74.0 cm³/mol. The summed E-state index contributed by atoms with van der Waals surface area (Å²) in [6, 6.07) is 0.827. The van der Waals surface area contributed by atoms with Crippen LogP contribution in [-0.2, 0) is 0 Å². The Morgan fingerprint density at radius 3 is 2.35 bits per heavy atom. The first kappa shape index (κ1) is 13.4. The summed E-state index contributed by atoms with van der Waals surface area (Å²) in [5, 5.41) is 0. The maximum atomic E-state index is 6.11. The smallest absolute Gasteiger partial charge is 0.0329 e. The molecule has 1 saturated carbocycles. The summed E-state index contributed by atoms with van der Waals surface area (Å²) in [4.78, 5) is 2.77. The number of nitrogens with two attached hydrogens (primary N) is 1. The van der Waals surface area contributed by atoms with Crippen LogP contribution in [0.5, 0.6) is 0 Å². The third-order valence-corrected chi connectivity index (χ3v) is 5.56. The molecule has 0 bridgehead atoms. The zero-order valence-corrected chi connectivity index (χ0v) is 11.9. The minimum atomic E-state index is 0.212. The van der Waals surface area contributed by atoms with Crippen molar-refractivity contribution in [1.82, 2.24) is 4.90 Å². The van der Waals surface area contributed by atoms with Gasteiger partial charge in [0, 0.05) is 18.1 Å². The van der Waals surface area contributed by atoms with E-state index in [1.807, 2.05) is 0 Å². The molecular formula is C15H30N2. The molecule has 0 aromatic rings. The molecule has 17 heavy (non-hydrogen) atoms. The van der Waals surface area contributed by atoms with Crippen molar-refractivity contribution in [1.29, 1.82) is 0 Å². The molecule has 1 aliphatic carbocycles. The molecule has 2 N–H and O–H groups in total. The van der Waals surface area contributed by atoms with Crippen LogP contribution in [0.4, 0.5) is 0 Å². The Kier molecular flexibility index (Phi) is 4.14. The molecule has 1 heterocycles. The molecule has 1 aliphatic heterocycles. The van der Waals surface area contributed by atoms with E-state index in [1.165, 1.54) is 45.1 Å². The van der Waals surface area contributed by atoms with Gasteiger partial charge in [0.15, 0.2) is 0 Å². The standard InChI is InChI=1S/C15H30N2/c1-12(2)15(3,11-16)17-10-6-9-14(17)13-7-4-5-8-13/h12-14H,4-11,16H2,1-3H3. The minimum absolute atomic E-state index is 0.212. The van der Waals surface area contributed by atoms with Crippen LogP contribution >= 0.6 is 0 Å². The van der Waals surface area contributed by atoms with Crippen molar-refractivity contribution in [2.75, 3.05) is 13.1 Å². The second kappa shape index (κ2) is 5.27. The highest BCUT2D eigenvalue weighted by atomic mass is 15.3. The van der Waals surface area contributed by atoms with E-state index in [0.717, 1.165) is 18.5 Å². The molecule has 2 atom stereocenters. The monoisotopic (exact) mass is 238 g/mol. The van der Waals surface area contributed by atoms with Crippen LogP contribution in [0.3, 0.4) is 0 Å². The molecule has 2 heteroatoms. The Balaban J connectivity index is 2.12. The Hall–Kier alpha value is -0.0800. The van der Waals surface area contributed by atoms with E-state index in [0.29, 0.717) is 5.92 Å². The minimum Gasteiger partial charge on any atom is -0.329 e. The summed E-state index contributed by atoms with van der Waals surface area (Å²) in [7, 11) is 0. The van der Waals surface area contributed by atoms with Gasteiger partial charge in [-0.25, -0.2) is 0 Å². The van der Waals surface area contributed by atoms with Crippen LogP contribution in [0, 0.1) is 11.8 Å². The highest BCUT2D eigenvalue weighted by Crippen LogP contribution is 2.40. The largest absolute Gasteiger partial charge is 0.329 e. The van der Waals surface area contributed by atoms with Gasteiger partial charge in [0.25, 0.3) is 0 Å². The van der Waals surface area contributed by atoms with Gasteiger partial charge in [-0.1, -0.05) is 26.7 Å². The molecule has 0 radical (unpaired) electrons. The van der Waals surface area contributed by atoms with Gasteiger partial charge in [-0.2, -0.15) is 0 Å². The highest BCUT2D eigenvalue weighted by molar-refractivity contribution is 4.99. The van der Waals surface area contributed by atoms with Gasteiger partial charge in [0.2, 0.25) is 0 Å². The Bertz CT molecular complexity index is 245. The van der Waals surface area contributed by atoms with Gasteiger partial charge >= 0.3 is 0 Å². The third-order valence-electron chi connectivity index (χ3n) is 5.56. The first-order chi connectivity index (χ1) is 8.09. The van der Waals surface area contributed by atoms with E-state index in [2.05, 4.69) is 25.7 Å². The van der Waals surface area contributed by atoms with E-state index < -0.39 is 0 Å². The lowest BCUT2D eigenvalue weighted by Crippen LogP contribution is -2.58. The maximum absolute atomic E-state index is 6.11. The molecule has 2 aliphatic rings. The number of rotatable bonds is 4. The van der Waals surface area contributed by atoms with E-state index in [1.54, 1.807) is 0 Å². The molecule has 1 saturated heterocycles. The second-order valence-corrected chi connectivity index (χ2v) is 6.66. The molecule has 2 unspecified atom stereocenters. The predicted octanol–water partition coefficient (Wildman–Crippen LogP) is 3.01. The summed E-state index contributed by atoms with van der Waals surface area (Å²) in [5.41, 5.74) is 6.32. The van der Waals surface area contributed by atoms with Crippen molar-refractivity contribution in [2.24, 2.45) is 17.6 Å². The second-order valence-electron chi connectivity index (χ2n) is 6.66. The molecule has 0 spiro atoms. The quantitative estimate of drug-likeness (QED) is 0.816. The summed E-state index contributed by atoms with van der Waals surface area (Å²) < 4.78 is 0. The van der Waals surface area contributed by atoms with E-state index in [4.69, 9.17) is 5.73 Å². The molecular weight excluding hydrogens is 208 g/mol. The molecule has 0 amide bonds. The fraction of sp³-hybridized carbons (Fsp3) is 1.00. The summed E-state index contributed by atoms with van der Waals surface area (Å²) >= 11 is 0. The van der Waals surface area contributed by atoms with Crippen molar-refractivity contribution >= 4 is 0 Å². The average molecular weight is 238 g/mol. The van der Waals surface area contributed by atoms with Crippen molar-refractivity contribution in [2.45, 2.75) is 70.9 Å². The number of likely N-dealkylation sites (tertiary alicyclic amines) is 1. The van der Waals surface area contributed by atoms with Crippen LogP contribution in [0.2, 0.25) is 0 Å². The summed E-state index contributed by atoms with van der Waals surface area (Å²) in [5.74, 6) is 1.61. The first-order valence-corrected chi connectivity index (χ1v) is 7.56. The molecule has 2 fully saturated rings. The normalized spacial score (nSPS) is 31.2. The molecule has 100 valence electrons. The topological polar surface area (TPSA) is 29.3 Å². The van der Waals surface area contributed by atoms with Crippen molar-refractivity contribution < 1.29 is 0 Å². The van der Waals surface area contributed by atoms with Gasteiger partial charge in [0.05, 0.1) is 0 Å². The SMILES string of the molecule is CC(C)C(C)(CN)N1CCCC1C1CCCC1. The van der Waals surface area contributed by atoms with Crippen molar-refractivity contribution in [3.05, 3.63) is 0 Å². The Labute approximate surface area is 107 Å². The first-order valence-electron chi connectivity index (χ1n) is 7.56. The summed E-state index contributed by atoms with van der Waals surface area (Å²) in [6.07, 6.45) is 8.61. The lowest BCUT2D eigenvalue weighted by atomic mass is 9.84. The van der Waals surface area contributed by atoms with Gasteiger partial charge in [0.1, 0.15) is 0 Å². The van der Waals surface area contributed by atoms with Gasteiger partial charge < -0.3 is 5.73 Å². The zero-order valence-electron chi connectivity index (χ0n) is 11.9. The molecule has 2 rings (SSSR count). The Morgan fingerprint density at radius 1 is 1.18 bits per heavy atom. The molecule has 2 nitrogen and oxygen atoms in total. The lowest BCUT2D eigenvalue weighted by molar-refractivity contribution is 0.0328. The van der Waals surface area contributed by atoms with Gasteiger partial charge in [-0.3, -0.25) is 4.90 Å². The average Bonchev–Trinajstić information content (AvgIpc) is 2.97. The van der Waals surface area contributed by atoms with Crippen LogP contribution in [0.1, 0.15) is 59.3 Å². The van der Waals surface area contributed by atoms with E-state index in [9.17, 15) is 0 Å². The van der Waals surface area contributed by atoms with Crippen LogP contribution in [0.25, 0.3) is 0 Å². The Morgan fingerprint density at radius 2 is 1.82 bits per heavy atom. The maximum Gasteiger partial charge on any atom is 0.0329 e. The fourth-order valence-corrected chi connectivity index (χ4v) is 3.94. The highest BCUT2D eigenvalue weighted by Gasteiger charge is 2.43. The van der Waals surface area contributed by atoms with Gasteiger partial charge in [-0.05, 0) is 51.0 Å². The molecule has 0 aromatic carbocycles. The molecule has 0 aromatic heterocycles.